The first-order valence-corrected chi connectivity index (χ1v) is 9.30. The van der Waals surface area contributed by atoms with E-state index < -0.39 is 0 Å². The van der Waals surface area contributed by atoms with Gasteiger partial charge < -0.3 is 14.8 Å². The number of rotatable bonds is 5. The topological polar surface area (TPSA) is 80.1 Å². The van der Waals surface area contributed by atoms with Crippen molar-refractivity contribution in [1.29, 1.82) is 0 Å². The first kappa shape index (κ1) is 17.0. The summed E-state index contributed by atoms with van der Waals surface area (Å²) in [6.45, 7) is 2.08. The van der Waals surface area contributed by atoms with Crippen LogP contribution in [0.3, 0.4) is 0 Å². The van der Waals surface area contributed by atoms with Gasteiger partial charge in [-0.2, -0.15) is 0 Å². The summed E-state index contributed by atoms with van der Waals surface area (Å²) >= 11 is 6.23. The molecule has 1 N–H and O–H groups in total. The largest absolute Gasteiger partial charge is 0.352 e. The van der Waals surface area contributed by atoms with E-state index in [0.29, 0.717) is 42.2 Å². The second-order valence-corrected chi connectivity index (χ2v) is 7.02. The molecular weight excluding hydrogens is 354 g/mol. The zero-order chi connectivity index (χ0) is 18.1. The van der Waals surface area contributed by atoms with Crippen LogP contribution in [-0.4, -0.2) is 39.7 Å². The Labute approximate surface area is 156 Å². The minimum atomic E-state index is -0.185. The molecular formula is C18H20ClN5O2. The number of aryl methyl sites for hydroxylation is 1. The summed E-state index contributed by atoms with van der Waals surface area (Å²) in [7, 11) is 0. The fraction of sp³-hybridized carbons (Fsp3) is 0.444. The molecule has 0 aliphatic carbocycles. The van der Waals surface area contributed by atoms with Crippen LogP contribution in [0.5, 0.6) is 0 Å². The summed E-state index contributed by atoms with van der Waals surface area (Å²) in [4.78, 5) is 26.1. The number of aromatic nitrogens is 3. The van der Waals surface area contributed by atoms with Crippen LogP contribution in [0.1, 0.15) is 41.3 Å². The van der Waals surface area contributed by atoms with Crippen LogP contribution in [-0.2, 0) is 24.2 Å². The number of amides is 2. The summed E-state index contributed by atoms with van der Waals surface area (Å²) in [6.07, 6.45) is 4.06. The number of anilines is 1. The highest BCUT2D eigenvalue weighted by molar-refractivity contribution is 6.34. The fourth-order valence-electron chi connectivity index (χ4n) is 3.55. The maximum Gasteiger partial charge on any atom is 0.251 e. The summed E-state index contributed by atoms with van der Waals surface area (Å²) in [5, 5.41) is 11.8. The number of nitrogens with one attached hydrogen (secondary N) is 1. The van der Waals surface area contributed by atoms with E-state index in [9.17, 15) is 9.59 Å². The maximum atomic E-state index is 12.5. The average molecular weight is 374 g/mol. The zero-order valence-corrected chi connectivity index (χ0v) is 15.1. The molecule has 0 atom stereocenters. The van der Waals surface area contributed by atoms with Crippen LogP contribution in [0.15, 0.2) is 18.2 Å². The van der Waals surface area contributed by atoms with Gasteiger partial charge in [0.2, 0.25) is 5.91 Å². The summed E-state index contributed by atoms with van der Waals surface area (Å²) in [6, 6.07) is 5.04. The molecule has 1 fully saturated rings. The number of halogens is 1. The van der Waals surface area contributed by atoms with Gasteiger partial charge in [-0.05, 0) is 31.0 Å². The summed E-state index contributed by atoms with van der Waals surface area (Å²) in [5.41, 5.74) is 1.10. The van der Waals surface area contributed by atoms with Gasteiger partial charge in [0, 0.05) is 44.5 Å². The van der Waals surface area contributed by atoms with Crippen LogP contribution in [0.4, 0.5) is 5.69 Å². The van der Waals surface area contributed by atoms with E-state index >= 15 is 0 Å². The smallest absolute Gasteiger partial charge is 0.251 e. The number of carbonyl (C=O) groups excluding carboxylic acids is 2. The molecule has 1 aromatic heterocycles. The molecule has 8 heteroatoms. The Morgan fingerprint density at radius 1 is 1.19 bits per heavy atom. The highest BCUT2D eigenvalue weighted by Gasteiger charge is 2.24. The third-order valence-corrected chi connectivity index (χ3v) is 5.21. The molecule has 3 heterocycles. The molecule has 2 aliphatic rings. The second-order valence-electron chi connectivity index (χ2n) is 6.61. The lowest BCUT2D eigenvalue weighted by Gasteiger charge is -2.18. The van der Waals surface area contributed by atoms with Gasteiger partial charge in [-0.3, -0.25) is 9.59 Å². The zero-order valence-electron chi connectivity index (χ0n) is 14.4. The Morgan fingerprint density at radius 3 is 2.85 bits per heavy atom. The molecule has 0 spiro atoms. The minimum Gasteiger partial charge on any atom is -0.352 e. The first-order valence-electron chi connectivity index (χ1n) is 8.92. The molecule has 0 unspecified atom stereocenters. The first-order chi connectivity index (χ1) is 12.6. The normalized spacial score (nSPS) is 16.2. The minimum absolute atomic E-state index is 0.0464. The van der Waals surface area contributed by atoms with Gasteiger partial charge in [-0.15, -0.1) is 10.2 Å². The van der Waals surface area contributed by atoms with Crippen molar-refractivity contribution in [2.24, 2.45) is 0 Å². The van der Waals surface area contributed by atoms with Gasteiger partial charge in [0.1, 0.15) is 11.6 Å². The van der Waals surface area contributed by atoms with Crippen LogP contribution in [0.2, 0.25) is 5.02 Å². The number of hydrogen-bond acceptors (Lipinski definition) is 4. The lowest BCUT2D eigenvalue weighted by atomic mass is 10.1. The van der Waals surface area contributed by atoms with Crippen molar-refractivity contribution in [2.75, 3.05) is 18.0 Å². The SMILES string of the molecule is O=C(NCCc1nnc2n1CCC2)c1ccc(Cl)c(N2CCCC2=O)c1. The highest BCUT2D eigenvalue weighted by Crippen LogP contribution is 2.30. The molecule has 2 aromatic rings. The van der Waals surface area contributed by atoms with Gasteiger partial charge in [0.25, 0.3) is 5.91 Å². The van der Waals surface area contributed by atoms with Crippen molar-refractivity contribution in [3.63, 3.8) is 0 Å². The summed E-state index contributed by atoms with van der Waals surface area (Å²) < 4.78 is 2.13. The van der Waals surface area contributed by atoms with E-state index in [1.165, 1.54) is 0 Å². The number of fused-ring (bicyclic) bond motifs is 1. The number of benzene rings is 1. The molecule has 0 radical (unpaired) electrons. The van der Waals surface area contributed by atoms with Crippen LogP contribution in [0.25, 0.3) is 0 Å². The number of carbonyl (C=O) groups is 2. The van der Waals surface area contributed by atoms with E-state index in [-0.39, 0.29) is 11.8 Å². The monoisotopic (exact) mass is 373 g/mol. The molecule has 136 valence electrons. The number of nitrogens with zero attached hydrogens (tertiary/aromatic N) is 4. The van der Waals surface area contributed by atoms with Crippen molar-refractivity contribution in [1.82, 2.24) is 20.1 Å². The molecule has 2 aliphatic heterocycles. The number of hydrogen-bond donors (Lipinski definition) is 1. The van der Waals surface area contributed by atoms with Crippen molar-refractivity contribution in [2.45, 2.75) is 38.6 Å². The quantitative estimate of drug-likeness (QED) is 0.869. The van der Waals surface area contributed by atoms with E-state index in [1.54, 1.807) is 23.1 Å². The van der Waals surface area contributed by atoms with Crippen LogP contribution < -0.4 is 10.2 Å². The molecule has 1 aromatic carbocycles. The molecule has 0 saturated carbocycles. The summed E-state index contributed by atoms with van der Waals surface area (Å²) in [5.74, 6) is 1.81. The Hall–Kier alpha value is -2.41. The van der Waals surface area contributed by atoms with E-state index in [1.807, 2.05) is 0 Å². The van der Waals surface area contributed by atoms with E-state index in [2.05, 4.69) is 20.1 Å². The van der Waals surface area contributed by atoms with E-state index in [0.717, 1.165) is 37.5 Å². The average Bonchev–Trinajstić information content (AvgIpc) is 3.34. The lowest BCUT2D eigenvalue weighted by molar-refractivity contribution is -0.117. The van der Waals surface area contributed by atoms with E-state index in [4.69, 9.17) is 11.6 Å². The van der Waals surface area contributed by atoms with Gasteiger partial charge in [-0.25, -0.2) is 0 Å². The van der Waals surface area contributed by atoms with Gasteiger partial charge in [-0.1, -0.05) is 11.6 Å². The van der Waals surface area contributed by atoms with Crippen molar-refractivity contribution in [3.05, 3.63) is 40.4 Å². The molecule has 4 rings (SSSR count). The van der Waals surface area contributed by atoms with Crippen molar-refractivity contribution < 1.29 is 9.59 Å². The Morgan fingerprint density at radius 2 is 2.04 bits per heavy atom. The molecule has 2 amide bonds. The standard InChI is InChI=1S/C18H20ClN5O2/c19-13-6-5-12(11-14(13)23-9-2-4-17(23)25)18(26)20-8-7-16-22-21-15-3-1-10-24(15)16/h5-6,11H,1-4,7-10H2,(H,20,26). The molecule has 26 heavy (non-hydrogen) atoms. The third-order valence-electron chi connectivity index (χ3n) is 4.89. The second kappa shape index (κ2) is 7.07. The van der Waals surface area contributed by atoms with Crippen molar-refractivity contribution in [3.8, 4) is 0 Å². The van der Waals surface area contributed by atoms with Crippen LogP contribution >= 0.6 is 11.6 Å². The molecule has 0 bridgehead atoms. The highest BCUT2D eigenvalue weighted by atomic mass is 35.5. The Kier molecular flexibility index (Phi) is 4.63. The predicted molar refractivity (Wildman–Crippen MR) is 97.4 cm³/mol. The lowest BCUT2D eigenvalue weighted by Crippen LogP contribution is -2.28. The van der Waals surface area contributed by atoms with Gasteiger partial charge in [0.05, 0.1) is 10.7 Å². The van der Waals surface area contributed by atoms with Crippen molar-refractivity contribution >= 4 is 29.1 Å². The molecule has 1 saturated heterocycles. The van der Waals surface area contributed by atoms with Gasteiger partial charge >= 0.3 is 0 Å². The molecule has 7 nitrogen and oxygen atoms in total. The van der Waals surface area contributed by atoms with Gasteiger partial charge in [0.15, 0.2) is 0 Å². The fourth-order valence-corrected chi connectivity index (χ4v) is 3.77. The Bertz CT molecular complexity index is 863. The van der Waals surface area contributed by atoms with Crippen LogP contribution in [0, 0.1) is 0 Å². The maximum absolute atomic E-state index is 12.5. The Balaban J connectivity index is 1.40. The predicted octanol–water partition coefficient (Wildman–Crippen LogP) is 1.98. The third kappa shape index (κ3) is 3.19.